The molecule has 5 heteroatoms. The fourth-order valence-corrected chi connectivity index (χ4v) is 5.56. The van der Waals surface area contributed by atoms with Crippen LogP contribution in [0.5, 0.6) is 11.5 Å². The molecule has 3 atom stereocenters. The maximum Gasteiger partial charge on any atom is 0.255 e. The van der Waals surface area contributed by atoms with E-state index in [0.29, 0.717) is 17.8 Å². The Kier molecular flexibility index (Phi) is 5.58. The molecule has 1 saturated heterocycles. The second-order valence-electron chi connectivity index (χ2n) is 9.33. The number of fused-ring (bicyclic) bond motifs is 3. The summed E-state index contributed by atoms with van der Waals surface area (Å²) in [7, 11) is 3.32. The number of allylic oxidation sites excluding steroid dienone is 2. The normalized spacial score (nSPS) is 24.5. The zero-order valence-electron chi connectivity index (χ0n) is 19.1. The number of benzene rings is 2. The molecule has 2 aromatic rings. The third-order valence-electron chi connectivity index (χ3n) is 7.46. The zero-order chi connectivity index (χ0) is 22.2. The SMILES string of the molecule is COc1ccc(C2Nc3c(C(=O)N4CCC(C)CC4)cccc3C3C=CCC32)cc1OC. The highest BCUT2D eigenvalue weighted by molar-refractivity contribution is 6.01. The highest BCUT2D eigenvalue weighted by Crippen LogP contribution is 2.51. The number of hydrogen-bond acceptors (Lipinski definition) is 4. The molecule has 0 aromatic heterocycles. The Hall–Kier alpha value is -2.95. The summed E-state index contributed by atoms with van der Waals surface area (Å²) in [5.74, 6) is 3.00. The van der Waals surface area contributed by atoms with Crippen LogP contribution in [0.15, 0.2) is 48.6 Å². The molecule has 3 unspecified atom stereocenters. The summed E-state index contributed by atoms with van der Waals surface area (Å²) in [6, 6.07) is 12.4. The van der Waals surface area contributed by atoms with E-state index in [4.69, 9.17) is 9.47 Å². The van der Waals surface area contributed by atoms with Gasteiger partial charge in [0.25, 0.3) is 5.91 Å². The van der Waals surface area contributed by atoms with E-state index in [2.05, 4.69) is 42.6 Å². The van der Waals surface area contributed by atoms with E-state index < -0.39 is 0 Å². The van der Waals surface area contributed by atoms with Crippen LogP contribution in [-0.2, 0) is 0 Å². The lowest BCUT2D eigenvalue weighted by Gasteiger charge is -2.39. The van der Waals surface area contributed by atoms with Crippen molar-refractivity contribution in [3.63, 3.8) is 0 Å². The average Bonchev–Trinajstić information content (AvgIpc) is 3.33. The van der Waals surface area contributed by atoms with Gasteiger partial charge in [0.15, 0.2) is 11.5 Å². The van der Waals surface area contributed by atoms with Gasteiger partial charge in [-0.3, -0.25) is 4.79 Å². The summed E-state index contributed by atoms with van der Waals surface area (Å²) in [5.41, 5.74) is 4.17. The summed E-state index contributed by atoms with van der Waals surface area (Å²) < 4.78 is 11.0. The number of nitrogens with one attached hydrogen (secondary N) is 1. The van der Waals surface area contributed by atoms with E-state index >= 15 is 0 Å². The van der Waals surface area contributed by atoms with Gasteiger partial charge in [-0.15, -0.1) is 0 Å². The van der Waals surface area contributed by atoms with Crippen LogP contribution in [0.4, 0.5) is 5.69 Å². The number of para-hydroxylation sites is 1. The molecule has 2 heterocycles. The van der Waals surface area contributed by atoms with Crippen molar-refractivity contribution in [1.82, 2.24) is 4.90 Å². The lowest BCUT2D eigenvalue weighted by Crippen LogP contribution is -2.39. The molecular formula is C27H32N2O3. The van der Waals surface area contributed by atoms with E-state index in [9.17, 15) is 4.79 Å². The van der Waals surface area contributed by atoms with Crippen molar-refractivity contribution in [2.75, 3.05) is 32.6 Å². The summed E-state index contributed by atoms with van der Waals surface area (Å²) in [5, 5.41) is 3.79. The molecule has 0 spiro atoms. The molecule has 32 heavy (non-hydrogen) atoms. The summed E-state index contributed by atoms with van der Waals surface area (Å²) in [6.45, 7) is 3.96. The number of nitrogens with zero attached hydrogens (tertiary/aromatic N) is 1. The molecule has 0 bridgehead atoms. The first-order chi connectivity index (χ1) is 15.6. The Labute approximate surface area is 190 Å². The summed E-state index contributed by atoms with van der Waals surface area (Å²) in [6.07, 6.45) is 7.76. The molecule has 0 saturated carbocycles. The Morgan fingerprint density at radius 2 is 1.84 bits per heavy atom. The third-order valence-corrected chi connectivity index (χ3v) is 7.46. The second-order valence-corrected chi connectivity index (χ2v) is 9.33. The van der Waals surface area contributed by atoms with Crippen LogP contribution in [0, 0.1) is 11.8 Å². The van der Waals surface area contributed by atoms with Crippen LogP contribution in [0.25, 0.3) is 0 Å². The standard InChI is InChI=1S/C27H32N2O3/c1-17-12-14-29(15-13-17)27(30)22-9-5-8-21-19-6-4-7-20(19)25(28-26(21)22)18-10-11-23(31-2)24(16-18)32-3/h4-6,8-11,16-17,19-20,25,28H,7,12-15H2,1-3H3. The summed E-state index contributed by atoms with van der Waals surface area (Å²) in [4.78, 5) is 15.6. The average molecular weight is 433 g/mol. The molecule has 0 radical (unpaired) electrons. The van der Waals surface area contributed by atoms with Gasteiger partial charge in [-0.1, -0.05) is 37.3 Å². The lowest BCUT2D eigenvalue weighted by molar-refractivity contribution is 0.0698. The van der Waals surface area contributed by atoms with Crippen molar-refractivity contribution in [3.05, 3.63) is 65.2 Å². The quantitative estimate of drug-likeness (QED) is 0.657. The number of amides is 1. The molecule has 5 nitrogen and oxygen atoms in total. The number of carbonyl (C=O) groups excluding carboxylic acids is 1. The molecule has 3 aliphatic rings. The van der Waals surface area contributed by atoms with E-state index in [1.165, 1.54) is 5.56 Å². The minimum Gasteiger partial charge on any atom is -0.493 e. The largest absolute Gasteiger partial charge is 0.493 e. The molecule has 1 fully saturated rings. The van der Waals surface area contributed by atoms with Crippen LogP contribution in [0.3, 0.4) is 0 Å². The number of piperidine rings is 1. The number of hydrogen-bond donors (Lipinski definition) is 1. The Morgan fingerprint density at radius 1 is 1.06 bits per heavy atom. The first kappa shape index (κ1) is 20.9. The number of methoxy groups -OCH3 is 2. The van der Waals surface area contributed by atoms with Gasteiger partial charge in [0.2, 0.25) is 0 Å². The van der Waals surface area contributed by atoms with Crippen molar-refractivity contribution in [2.45, 2.75) is 38.1 Å². The van der Waals surface area contributed by atoms with Gasteiger partial charge in [0, 0.05) is 19.0 Å². The number of anilines is 1. The minimum atomic E-state index is 0.0950. The molecule has 168 valence electrons. The van der Waals surface area contributed by atoms with Gasteiger partial charge in [0.1, 0.15) is 0 Å². The Morgan fingerprint density at radius 3 is 2.59 bits per heavy atom. The lowest BCUT2D eigenvalue weighted by atomic mass is 9.76. The van der Waals surface area contributed by atoms with Crippen LogP contribution < -0.4 is 14.8 Å². The van der Waals surface area contributed by atoms with Crippen molar-refractivity contribution in [3.8, 4) is 11.5 Å². The van der Waals surface area contributed by atoms with Crippen molar-refractivity contribution in [2.24, 2.45) is 11.8 Å². The Balaban J connectivity index is 1.52. The number of rotatable bonds is 4. The van der Waals surface area contributed by atoms with Crippen LogP contribution in [-0.4, -0.2) is 38.1 Å². The van der Waals surface area contributed by atoms with Crippen LogP contribution in [0.2, 0.25) is 0 Å². The monoisotopic (exact) mass is 432 g/mol. The van der Waals surface area contributed by atoms with Crippen molar-refractivity contribution >= 4 is 11.6 Å². The molecule has 1 aliphatic carbocycles. The second kappa shape index (κ2) is 8.53. The van der Waals surface area contributed by atoms with Gasteiger partial charge in [-0.2, -0.15) is 0 Å². The minimum absolute atomic E-state index is 0.0950. The van der Waals surface area contributed by atoms with E-state index in [0.717, 1.165) is 60.7 Å². The smallest absolute Gasteiger partial charge is 0.255 e. The zero-order valence-corrected chi connectivity index (χ0v) is 19.1. The predicted octanol–water partition coefficient (Wildman–Crippen LogP) is 5.40. The van der Waals surface area contributed by atoms with Crippen molar-refractivity contribution < 1.29 is 14.3 Å². The molecule has 1 amide bonds. The fourth-order valence-electron chi connectivity index (χ4n) is 5.56. The summed E-state index contributed by atoms with van der Waals surface area (Å²) >= 11 is 0. The van der Waals surface area contributed by atoms with Gasteiger partial charge in [-0.05, 0) is 60.4 Å². The van der Waals surface area contributed by atoms with Gasteiger partial charge < -0.3 is 19.7 Å². The fraction of sp³-hybridized carbons (Fsp3) is 0.444. The molecule has 2 aliphatic heterocycles. The number of carbonyl (C=O) groups is 1. The number of ether oxygens (including phenoxy) is 2. The van der Waals surface area contributed by atoms with Crippen molar-refractivity contribution in [1.29, 1.82) is 0 Å². The van der Waals surface area contributed by atoms with E-state index in [-0.39, 0.29) is 11.9 Å². The third kappa shape index (κ3) is 3.54. The molecular weight excluding hydrogens is 400 g/mol. The highest BCUT2D eigenvalue weighted by atomic mass is 16.5. The van der Waals surface area contributed by atoms with Crippen LogP contribution >= 0.6 is 0 Å². The topological polar surface area (TPSA) is 50.8 Å². The first-order valence-electron chi connectivity index (χ1n) is 11.7. The van der Waals surface area contributed by atoms with E-state index in [1.807, 2.05) is 23.1 Å². The highest BCUT2D eigenvalue weighted by Gasteiger charge is 2.40. The maximum atomic E-state index is 13.5. The van der Waals surface area contributed by atoms with Crippen LogP contribution in [0.1, 0.15) is 59.6 Å². The predicted molar refractivity (Wildman–Crippen MR) is 127 cm³/mol. The number of likely N-dealkylation sites (tertiary alicyclic amines) is 1. The maximum absolute atomic E-state index is 13.5. The van der Waals surface area contributed by atoms with Gasteiger partial charge >= 0.3 is 0 Å². The van der Waals surface area contributed by atoms with Gasteiger partial charge in [0.05, 0.1) is 31.5 Å². The molecule has 5 rings (SSSR count). The Bertz CT molecular complexity index is 1040. The molecule has 1 N–H and O–H groups in total. The first-order valence-corrected chi connectivity index (χ1v) is 11.7. The van der Waals surface area contributed by atoms with E-state index in [1.54, 1.807) is 14.2 Å². The van der Waals surface area contributed by atoms with Gasteiger partial charge in [-0.25, -0.2) is 0 Å². The molecule has 2 aromatic carbocycles.